The van der Waals surface area contributed by atoms with E-state index in [1.54, 1.807) is 44.4 Å². The summed E-state index contributed by atoms with van der Waals surface area (Å²) in [6, 6.07) is 17.4. The summed E-state index contributed by atoms with van der Waals surface area (Å²) in [4.78, 5) is 8.95. The fraction of sp³-hybridized carbons (Fsp3) is 0.333. The molecule has 2 unspecified atom stereocenters. The first-order valence-electron chi connectivity index (χ1n) is 14.5. The van der Waals surface area contributed by atoms with Gasteiger partial charge in [-0.3, -0.25) is 0 Å². The average Bonchev–Trinajstić information content (AvgIpc) is 3.50. The number of ether oxygens (including phenoxy) is 3. The van der Waals surface area contributed by atoms with Crippen molar-refractivity contribution in [2.75, 3.05) is 17.7 Å². The van der Waals surface area contributed by atoms with Crippen LogP contribution in [0.3, 0.4) is 0 Å². The molecule has 0 fully saturated rings. The molecule has 8 nitrogen and oxygen atoms in total. The quantitative estimate of drug-likeness (QED) is 0.161. The minimum absolute atomic E-state index is 0.0541. The van der Waals surface area contributed by atoms with Crippen molar-refractivity contribution in [3.05, 3.63) is 101 Å². The molecule has 1 aliphatic heterocycles. The maximum atomic E-state index is 13.5. The van der Waals surface area contributed by atoms with Crippen LogP contribution in [0.2, 0.25) is 5.02 Å². The maximum Gasteiger partial charge on any atom is 0.162 e. The van der Waals surface area contributed by atoms with Gasteiger partial charge in [-0.1, -0.05) is 36.7 Å². The molecule has 0 amide bonds. The SMILES string of the molecule is CCC(OCCS(=O)(=O)C(C)C)C1(c2ccc3ncnc(Nc4ccc(OCc5cccc(F)c5)c(Cl)c4)c3c2)CC=CO1. The number of rotatable bonds is 13. The lowest BCUT2D eigenvalue weighted by atomic mass is 9.83. The van der Waals surface area contributed by atoms with Crippen LogP contribution >= 0.6 is 11.6 Å². The van der Waals surface area contributed by atoms with E-state index in [9.17, 15) is 12.8 Å². The average molecular weight is 640 g/mol. The van der Waals surface area contributed by atoms with Crippen LogP contribution in [0.1, 0.15) is 44.7 Å². The lowest BCUT2D eigenvalue weighted by molar-refractivity contribution is -0.107. The van der Waals surface area contributed by atoms with Crippen molar-refractivity contribution in [3.63, 3.8) is 0 Å². The largest absolute Gasteiger partial charge is 0.487 e. The highest BCUT2D eigenvalue weighted by atomic mass is 35.5. The molecule has 1 N–H and O–H groups in total. The van der Waals surface area contributed by atoms with Gasteiger partial charge < -0.3 is 19.5 Å². The Labute approximate surface area is 262 Å². The Morgan fingerprint density at radius 1 is 1.11 bits per heavy atom. The first kappa shape index (κ1) is 31.7. The van der Waals surface area contributed by atoms with E-state index in [4.69, 9.17) is 25.8 Å². The van der Waals surface area contributed by atoms with Crippen molar-refractivity contribution >= 4 is 43.8 Å². The Hall–Kier alpha value is -3.73. The monoisotopic (exact) mass is 639 g/mol. The van der Waals surface area contributed by atoms with Crippen LogP contribution in [0.5, 0.6) is 5.75 Å². The maximum absolute atomic E-state index is 13.5. The van der Waals surface area contributed by atoms with Gasteiger partial charge >= 0.3 is 0 Å². The van der Waals surface area contributed by atoms with Gasteiger partial charge in [0.15, 0.2) is 15.4 Å². The smallest absolute Gasteiger partial charge is 0.162 e. The molecule has 4 aromatic rings. The fourth-order valence-corrected chi connectivity index (χ4v) is 6.22. The van der Waals surface area contributed by atoms with E-state index in [1.807, 2.05) is 37.3 Å². The Balaban J connectivity index is 1.37. The van der Waals surface area contributed by atoms with Crippen molar-refractivity contribution in [2.24, 2.45) is 0 Å². The Morgan fingerprint density at radius 3 is 2.66 bits per heavy atom. The van der Waals surface area contributed by atoms with E-state index < -0.39 is 26.8 Å². The van der Waals surface area contributed by atoms with Gasteiger partial charge in [-0.15, -0.1) is 0 Å². The van der Waals surface area contributed by atoms with Crippen LogP contribution in [-0.4, -0.2) is 42.1 Å². The first-order valence-corrected chi connectivity index (χ1v) is 16.6. The summed E-state index contributed by atoms with van der Waals surface area (Å²) >= 11 is 6.53. The third-order valence-corrected chi connectivity index (χ3v) is 10.2. The number of hydrogen-bond donors (Lipinski definition) is 1. The van der Waals surface area contributed by atoms with Gasteiger partial charge in [0.1, 0.15) is 36.4 Å². The minimum Gasteiger partial charge on any atom is -0.487 e. The van der Waals surface area contributed by atoms with Crippen molar-refractivity contribution in [1.82, 2.24) is 9.97 Å². The summed E-state index contributed by atoms with van der Waals surface area (Å²) in [6.45, 7) is 5.60. The molecule has 44 heavy (non-hydrogen) atoms. The minimum atomic E-state index is -3.24. The lowest BCUT2D eigenvalue weighted by Crippen LogP contribution is -2.41. The number of benzene rings is 3. The molecule has 0 spiro atoms. The highest BCUT2D eigenvalue weighted by Crippen LogP contribution is 2.42. The van der Waals surface area contributed by atoms with E-state index in [2.05, 4.69) is 15.3 Å². The molecular formula is C33H35ClFN3O5S. The summed E-state index contributed by atoms with van der Waals surface area (Å²) in [7, 11) is -3.24. The van der Waals surface area contributed by atoms with Crippen LogP contribution in [0, 0.1) is 5.82 Å². The lowest BCUT2D eigenvalue weighted by Gasteiger charge is -2.37. The summed E-state index contributed by atoms with van der Waals surface area (Å²) in [6.07, 6.45) is 5.89. The summed E-state index contributed by atoms with van der Waals surface area (Å²) in [5, 5.41) is 4.02. The second-order valence-corrected chi connectivity index (χ2v) is 14.0. The number of anilines is 2. The number of nitrogens with zero attached hydrogens (tertiary/aromatic N) is 2. The zero-order valence-corrected chi connectivity index (χ0v) is 26.4. The van der Waals surface area contributed by atoms with Crippen LogP contribution < -0.4 is 10.1 Å². The molecule has 2 atom stereocenters. The molecule has 2 heterocycles. The van der Waals surface area contributed by atoms with Gasteiger partial charge in [0.05, 0.1) is 34.4 Å². The molecule has 1 aromatic heterocycles. The van der Waals surface area contributed by atoms with Gasteiger partial charge in [-0.2, -0.15) is 0 Å². The summed E-state index contributed by atoms with van der Waals surface area (Å²) in [5.41, 5.74) is 2.15. The molecule has 0 radical (unpaired) electrons. The number of hydrogen-bond acceptors (Lipinski definition) is 8. The van der Waals surface area contributed by atoms with E-state index in [0.717, 1.165) is 16.5 Å². The number of sulfone groups is 1. The van der Waals surface area contributed by atoms with E-state index in [1.165, 1.54) is 18.5 Å². The number of halogens is 2. The second kappa shape index (κ2) is 13.5. The Bertz CT molecular complexity index is 1760. The van der Waals surface area contributed by atoms with E-state index in [-0.39, 0.29) is 24.8 Å². The van der Waals surface area contributed by atoms with Gasteiger partial charge in [0.2, 0.25) is 0 Å². The van der Waals surface area contributed by atoms with Crippen molar-refractivity contribution in [2.45, 2.75) is 57.2 Å². The van der Waals surface area contributed by atoms with Gasteiger partial charge in [-0.25, -0.2) is 22.8 Å². The van der Waals surface area contributed by atoms with Crippen LogP contribution in [0.4, 0.5) is 15.9 Å². The first-order chi connectivity index (χ1) is 21.1. The number of nitrogens with one attached hydrogen (secondary N) is 1. The predicted octanol–water partition coefficient (Wildman–Crippen LogP) is 7.49. The van der Waals surface area contributed by atoms with E-state index in [0.29, 0.717) is 40.7 Å². The molecule has 11 heteroatoms. The molecule has 0 saturated heterocycles. The number of fused-ring (bicyclic) bond motifs is 1. The Kier molecular flexibility index (Phi) is 9.72. The predicted molar refractivity (Wildman–Crippen MR) is 170 cm³/mol. The molecule has 0 saturated carbocycles. The van der Waals surface area contributed by atoms with Crippen molar-refractivity contribution in [1.29, 1.82) is 0 Å². The van der Waals surface area contributed by atoms with Crippen molar-refractivity contribution in [3.8, 4) is 5.75 Å². The summed E-state index contributed by atoms with van der Waals surface area (Å²) < 4.78 is 56.5. The third kappa shape index (κ3) is 6.98. The van der Waals surface area contributed by atoms with Gasteiger partial charge in [0.25, 0.3) is 0 Å². The van der Waals surface area contributed by atoms with Gasteiger partial charge in [0, 0.05) is 17.5 Å². The van der Waals surface area contributed by atoms with E-state index >= 15 is 0 Å². The molecule has 0 bridgehead atoms. The number of aromatic nitrogens is 2. The summed E-state index contributed by atoms with van der Waals surface area (Å²) in [5.74, 6) is 0.658. The zero-order valence-electron chi connectivity index (χ0n) is 24.8. The molecule has 0 aliphatic carbocycles. The van der Waals surface area contributed by atoms with Crippen LogP contribution in [0.15, 0.2) is 79.3 Å². The normalized spacial score (nSPS) is 17.1. The van der Waals surface area contributed by atoms with Gasteiger partial charge in [-0.05, 0) is 79.9 Å². The topological polar surface area (TPSA) is 99.6 Å². The molecule has 232 valence electrons. The molecule has 1 aliphatic rings. The molecular weight excluding hydrogens is 605 g/mol. The molecule has 5 rings (SSSR count). The van der Waals surface area contributed by atoms with Crippen LogP contribution in [-0.2, 0) is 31.5 Å². The van der Waals surface area contributed by atoms with Crippen LogP contribution in [0.25, 0.3) is 10.9 Å². The second-order valence-electron chi connectivity index (χ2n) is 10.9. The molecule has 3 aromatic carbocycles. The van der Waals surface area contributed by atoms with Crippen molar-refractivity contribution < 1.29 is 27.0 Å². The highest BCUT2D eigenvalue weighted by Gasteiger charge is 2.44. The Morgan fingerprint density at radius 2 is 1.95 bits per heavy atom. The fourth-order valence-electron chi connectivity index (χ4n) is 5.18. The third-order valence-electron chi connectivity index (χ3n) is 7.69. The zero-order chi connectivity index (χ0) is 31.3. The standard InChI is InChI=1S/C33H35ClFN3O5S/c1-4-31(41-15-16-44(39,40)22(2)3)33(13-6-14-43-33)24-9-11-29-27(18-24)32(37-21-36-29)38-26-10-12-30(28(34)19-26)42-20-23-7-5-8-25(35)17-23/h5-12,14,17-19,21-22,31H,4,13,15-16,20H2,1-3H3,(H,36,37,38). The highest BCUT2D eigenvalue weighted by molar-refractivity contribution is 7.92.